The van der Waals surface area contributed by atoms with Gasteiger partial charge in [-0.3, -0.25) is 14.5 Å². The molecule has 3 aromatic carbocycles. The predicted octanol–water partition coefficient (Wildman–Crippen LogP) is 5.32. The Labute approximate surface area is 213 Å². The summed E-state index contributed by atoms with van der Waals surface area (Å²) in [5, 5.41) is 0.619. The second kappa shape index (κ2) is 8.59. The molecular formula is C27H19FN2O6S. The average Bonchev–Trinajstić information content (AvgIpc) is 3.45. The third kappa shape index (κ3) is 3.36. The van der Waals surface area contributed by atoms with E-state index in [0.717, 1.165) is 11.3 Å². The van der Waals surface area contributed by atoms with Crippen LogP contribution in [0.2, 0.25) is 0 Å². The second-order valence-electron chi connectivity index (χ2n) is 8.28. The van der Waals surface area contributed by atoms with Crippen molar-refractivity contribution in [3.8, 4) is 17.2 Å². The van der Waals surface area contributed by atoms with Gasteiger partial charge in [0.2, 0.25) is 11.5 Å². The molecule has 1 atom stereocenters. The summed E-state index contributed by atoms with van der Waals surface area (Å²) in [5.74, 6) is -0.0348. The van der Waals surface area contributed by atoms with Crippen LogP contribution in [0.3, 0.4) is 0 Å². The van der Waals surface area contributed by atoms with Gasteiger partial charge in [0.15, 0.2) is 22.1 Å². The number of carbonyl (C=O) groups is 1. The van der Waals surface area contributed by atoms with Crippen molar-refractivity contribution in [3.05, 3.63) is 87.5 Å². The van der Waals surface area contributed by atoms with E-state index in [0.29, 0.717) is 38.2 Å². The van der Waals surface area contributed by atoms with Crippen LogP contribution in [0.25, 0.3) is 21.2 Å². The summed E-state index contributed by atoms with van der Waals surface area (Å²) in [6.07, 6.45) is 0. The zero-order valence-corrected chi connectivity index (χ0v) is 20.7. The predicted molar refractivity (Wildman–Crippen MR) is 137 cm³/mol. The van der Waals surface area contributed by atoms with Crippen molar-refractivity contribution in [3.63, 3.8) is 0 Å². The number of amides is 1. The molecule has 1 amide bonds. The summed E-state index contributed by atoms with van der Waals surface area (Å²) in [6.45, 7) is 0. The lowest BCUT2D eigenvalue weighted by molar-refractivity contribution is 0.0970. The van der Waals surface area contributed by atoms with Crippen LogP contribution in [-0.4, -0.2) is 32.2 Å². The fourth-order valence-corrected chi connectivity index (χ4v) is 5.76. The fourth-order valence-electron chi connectivity index (χ4n) is 4.74. The molecule has 186 valence electrons. The maximum atomic E-state index is 13.9. The lowest BCUT2D eigenvalue weighted by Gasteiger charge is -2.25. The monoisotopic (exact) mass is 518 g/mol. The normalized spacial score (nSPS) is 14.9. The molecule has 0 bridgehead atoms. The number of carbonyl (C=O) groups excluding carboxylic acids is 1. The number of nitrogens with zero attached hydrogens (tertiary/aromatic N) is 2. The molecule has 2 aromatic heterocycles. The van der Waals surface area contributed by atoms with Crippen LogP contribution in [-0.2, 0) is 0 Å². The number of fused-ring (bicyclic) bond motifs is 3. The number of methoxy groups -OCH3 is 3. The van der Waals surface area contributed by atoms with Gasteiger partial charge in [0.1, 0.15) is 17.4 Å². The van der Waals surface area contributed by atoms with Crippen molar-refractivity contribution in [2.45, 2.75) is 6.04 Å². The van der Waals surface area contributed by atoms with Crippen molar-refractivity contribution in [2.75, 3.05) is 26.2 Å². The summed E-state index contributed by atoms with van der Waals surface area (Å²) in [5.41, 5.74) is 1.10. The Bertz CT molecular complexity index is 1780. The van der Waals surface area contributed by atoms with Gasteiger partial charge in [0.05, 0.1) is 42.5 Å². The highest BCUT2D eigenvalue weighted by atomic mass is 32.1. The Hall–Kier alpha value is -4.44. The van der Waals surface area contributed by atoms with Crippen molar-refractivity contribution in [1.82, 2.24) is 4.98 Å². The lowest BCUT2D eigenvalue weighted by atomic mass is 9.97. The van der Waals surface area contributed by atoms with Gasteiger partial charge in [-0.2, -0.15) is 0 Å². The Morgan fingerprint density at radius 2 is 1.76 bits per heavy atom. The van der Waals surface area contributed by atoms with Crippen LogP contribution < -0.4 is 24.5 Å². The van der Waals surface area contributed by atoms with E-state index in [2.05, 4.69) is 4.98 Å². The van der Waals surface area contributed by atoms with Gasteiger partial charge < -0.3 is 18.6 Å². The summed E-state index contributed by atoms with van der Waals surface area (Å²) in [6, 6.07) is 13.4. The van der Waals surface area contributed by atoms with E-state index in [1.54, 1.807) is 42.5 Å². The first kappa shape index (κ1) is 23.0. The lowest BCUT2D eigenvalue weighted by Crippen LogP contribution is -2.29. The van der Waals surface area contributed by atoms with Gasteiger partial charge in [0, 0.05) is 5.56 Å². The molecule has 0 aliphatic carbocycles. The van der Waals surface area contributed by atoms with E-state index >= 15 is 0 Å². The van der Waals surface area contributed by atoms with Crippen LogP contribution in [0.1, 0.15) is 27.7 Å². The maximum absolute atomic E-state index is 13.9. The van der Waals surface area contributed by atoms with Crippen molar-refractivity contribution < 1.29 is 27.8 Å². The van der Waals surface area contributed by atoms with E-state index < -0.39 is 17.8 Å². The number of benzene rings is 3. The van der Waals surface area contributed by atoms with E-state index in [9.17, 15) is 14.0 Å². The van der Waals surface area contributed by atoms with Crippen LogP contribution in [0, 0.1) is 5.82 Å². The number of hydrogen-bond acceptors (Lipinski definition) is 8. The van der Waals surface area contributed by atoms with E-state index in [1.807, 2.05) is 0 Å². The van der Waals surface area contributed by atoms with E-state index in [-0.39, 0.29) is 27.6 Å². The number of halogens is 1. The quantitative estimate of drug-likeness (QED) is 0.311. The molecule has 3 heterocycles. The standard InChI is InChI=1S/C27H19FN2O6S/c1-33-18-11-9-15(23(34-2)24(18)35-3)21-20-22(31)14-6-4-5-7-17(14)36-25(20)26(32)30(21)27-29-16-10-8-13(28)12-19(16)37-27/h4-12,21H,1-3H3/t21-/m0/s1. The number of rotatable bonds is 5. The molecule has 10 heteroatoms. The molecule has 1 aliphatic heterocycles. The fraction of sp³-hybridized carbons (Fsp3) is 0.148. The molecule has 0 unspecified atom stereocenters. The number of ether oxygens (including phenoxy) is 3. The van der Waals surface area contributed by atoms with Crippen LogP contribution >= 0.6 is 11.3 Å². The minimum Gasteiger partial charge on any atom is -0.493 e. The Balaban J connectivity index is 1.68. The maximum Gasteiger partial charge on any atom is 0.297 e. The van der Waals surface area contributed by atoms with Crippen molar-refractivity contribution in [1.29, 1.82) is 0 Å². The molecule has 0 spiro atoms. The topological polar surface area (TPSA) is 91.1 Å². The highest BCUT2D eigenvalue weighted by Gasteiger charge is 2.46. The number of hydrogen-bond donors (Lipinski definition) is 0. The third-order valence-corrected chi connectivity index (χ3v) is 7.37. The number of aromatic nitrogens is 1. The van der Waals surface area contributed by atoms with E-state index in [1.165, 1.54) is 38.4 Å². The molecular weight excluding hydrogens is 499 g/mol. The molecule has 1 aliphatic rings. The molecule has 6 rings (SSSR count). The van der Waals surface area contributed by atoms with Crippen LogP contribution in [0.15, 0.2) is 63.8 Å². The number of thiazole rings is 1. The molecule has 0 saturated carbocycles. The zero-order valence-electron chi connectivity index (χ0n) is 19.9. The second-order valence-corrected chi connectivity index (χ2v) is 9.29. The van der Waals surface area contributed by atoms with Crippen molar-refractivity contribution in [2.24, 2.45) is 0 Å². The van der Waals surface area contributed by atoms with Gasteiger partial charge in [0.25, 0.3) is 5.91 Å². The summed E-state index contributed by atoms with van der Waals surface area (Å²) < 4.78 is 37.2. The van der Waals surface area contributed by atoms with Gasteiger partial charge in [-0.1, -0.05) is 23.5 Å². The molecule has 0 radical (unpaired) electrons. The van der Waals surface area contributed by atoms with Crippen LogP contribution in [0.4, 0.5) is 9.52 Å². The molecule has 8 nitrogen and oxygen atoms in total. The SMILES string of the molecule is COc1ccc([C@H]2c3c(oc4ccccc4c3=O)C(=O)N2c2nc3ccc(F)cc3s2)c(OC)c1OC. The van der Waals surface area contributed by atoms with Gasteiger partial charge in [-0.25, -0.2) is 9.37 Å². The van der Waals surface area contributed by atoms with Gasteiger partial charge in [-0.05, 0) is 42.5 Å². The number of para-hydroxylation sites is 1. The van der Waals surface area contributed by atoms with Crippen molar-refractivity contribution >= 4 is 43.6 Å². The highest BCUT2D eigenvalue weighted by molar-refractivity contribution is 7.22. The van der Waals surface area contributed by atoms with Gasteiger partial charge >= 0.3 is 0 Å². The largest absolute Gasteiger partial charge is 0.493 e. The molecule has 37 heavy (non-hydrogen) atoms. The van der Waals surface area contributed by atoms with Crippen LogP contribution in [0.5, 0.6) is 17.2 Å². The first-order chi connectivity index (χ1) is 18.0. The van der Waals surface area contributed by atoms with Gasteiger partial charge in [-0.15, -0.1) is 0 Å². The first-order valence-electron chi connectivity index (χ1n) is 11.2. The minimum absolute atomic E-state index is 0.0871. The summed E-state index contributed by atoms with van der Waals surface area (Å²) >= 11 is 1.14. The minimum atomic E-state index is -0.955. The Morgan fingerprint density at radius 1 is 0.973 bits per heavy atom. The molecule has 0 fully saturated rings. The van der Waals surface area contributed by atoms with E-state index in [4.69, 9.17) is 18.6 Å². The first-order valence-corrected chi connectivity index (χ1v) is 12.0. The third-order valence-electron chi connectivity index (χ3n) is 6.35. The Kier molecular flexibility index (Phi) is 5.34. The molecule has 0 N–H and O–H groups in total. The molecule has 5 aromatic rings. The molecule has 0 saturated heterocycles. The smallest absolute Gasteiger partial charge is 0.297 e. The summed E-state index contributed by atoms with van der Waals surface area (Å²) in [4.78, 5) is 33.7. The highest BCUT2D eigenvalue weighted by Crippen LogP contribution is 2.50. The number of anilines is 1. The Morgan fingerprint density at radius 3 is 2.51 bits per heavy atom. The summed E-state index contributed by atoms with van der Waals surface area (Å²) in [7, 11) is 4.43. The average molecular weight is 519 g/mol. The zero-order chi connectivity index (χ0) is 25.8.